The van der Waals surface area contributed by atoms with Gasteiger partial charge in [-0.05, 0) is 24.5 Å². The van der Waals surface area contributed by atoms with Crippen LogP contribution in [-0.2, 0) is 11.2 Å². The zero-order valence-electron chi connectivity index (χ0n) is 10.1. The molecular formula is C13H19NO3. The fourth-order valence-corrected chi connectivity index (χ4v) is 1.44. The van der Waals surface area contributed by atoms with Gasteiger partial charge in [-0.25, -0.2) is 0 Å². The lowest BCUT2D eigenvalue weighted by Crippen LogP contribution is -2.30. The van der Waals surface area contributed by atoms with Gasteiger partial charge >= 0.3 is 0 Å². The largest absolute Gasteiger partial charge is 0.483 e. The molecule has 1 amide bonds. The SMILES string of the molecule is CCc1ccccc1OCC(=O)NCCCO. The van der Waals surface area contributed by atoms with E-state index in [0.717, 1.165) is 17.7 Å². The van der Waals surface area contributed by atoms with Crippen LogP contribution in [-0.4, -0.2) is 30.8 Å². The first-order chi connectivity index (χ1) is 8.27. The molecule has 0 spiro atoms. The molecular weight excluding hydrogens is 218 g/mol. The van der Waals surface area contributed by atoms with Crippen LogP contribution in [0.2, 0.25) is 0 Å². The summed E-state index contributed by atoms with van der Waals surface area (Å²) in [6.07, 6.45) is 1.44. The molecule has 0 saturated carbocycles. The van der Waals surface area contributed by atoms with Crippen LogP contribution in [0.3, 0.4) is 0 Å². The number of para-hydroxylation sites is 1. The predicted octanol–water partition coefficient (Wildman–Crippen LogP) is 1.13. The zero-order chi connectivity index (χ0) is 12.5. The lowest BCUT2D eigenvalue weighted by atomic mass is 10.1. The number of aryl methyl sites for hydroxylation is 1. The van der Waals surface area contributed by atoms with E-state index in [1.54, 1.807) is 0 Å². The fourth-order valence-electron chi connectivity index (χ4n) is 1.44. The van der Waals surface area contributed by atoms with Crippen LogP contribution < -0.4 is 10.1 Å². The number of aliphatic hydroxyl groups is 1. The molecule has 0 aliphatic carbocycles. The summed E-state index contributed by atoms with van der Waals surface area (Å²) >= 11 is 0. The van der Waals surface area contributed by atoms with Gasteiger partial charge in [0.2, 0.25) is 0 Å². The molecule has 2 N–H and O–H groups in total. The minimum Gasteiger partial charge on any atom is -0.483 e. The molecule has 0 aliphatic heterocycles. The Morgan fingerprint density at radius 3 is 2.88 bits per heavy atom. The Bertz CT molecular complexity index is 352. The third-order valence-corrected chi connectivity index (χ3v) is 2.37. The number of rotatable bonds is 7. The average Bonchev–Trinajstić information content (AvgIpc) is 2.37. The summed E-state index contributed by atoms with van der Waals surface area (Å²) in [6, 6.07) is 7.68. The molecule has 17 heavy (non-hydrogen) atoms. The van der Waals surface area contributed by atoms with Crippen molar-refractivity contribution in [3.8, 4) is 5.75 Å². The maximum absolute atomic E-state index is 11.4. The summed E-state index contributed by atoms with van der Waals surface area (Å²) in [7, 11) is 0. The Hall–Kier alpha value is -1.55. The minimum atomic E-state index is -0.163. The van der Waals surface area contributed by atoms with Gasteiger partial charge in [0.15, 0.2) is 6.61 Å². The number of nitrogens with one attached hydrogen (secondary N) is 1. The van der Waals surface area contributed by atoms with E-state index in [1.807, 2.05) is 31.2 Å². The standard InChI is InChI=1S/C13H19NO3/c1-2-11-6-3-4-7-12(11)17-10-13(16)14-8-5-9-15/h3-4,6-7,15H,2,5,8-10H2,1H3,(H,14,16). The molecule has 0 atom stereocenters. The van der Waals surface area contributed by atoms with Gasteiger partial charge in [-0.1, -0.05) is 25.1 Å². The Labute approximate surface area is 102 Å². The number of aliphatic hydroxyl groups excluding tert-OH is 1. The van der Waals surface area contributed by atoms with E-state index in [1.165, 1.54) is 0 Å². The van der Waals surface area contributed by atoms with Crippen molar-refractivity contribution in [1.29, 1.82) is 0 Å². The maximum Gasteiger partial charge on any atom is 0.257 e. The highest BCUT2D eigenvalue weighted by atomic mass is 16.5. The Morgan fingerprint density at radius 2 is 2.18 bits per heavy atom. The molecule has 0 unspecified atom stereocenters. The molecule has 0 aliphatic rings. The molecule has 0 saturated heterocycles. The van der Waals surface area contributed by atoms with Crippen LogP contribution in [0.15, 0.2) is 24.3 Å². The summed E-state index contributed by atoms with van der Waals surface area (Å²) in [5.74, 6) is 0.594. The quantitative estimate of drug-likeness (QED) is 0.699. The van der Waals surface area contributed by atoms with Crippen molar-refractivity contribution in [2.75, 3.05) is 19.8 Å². The number of carbonyl (C=O) groups excluding carboxylic acids is 1. The van der Waals surface area contributed by atoms with Crippen LogP contribution in [0.5, 0.6) is 5.75 Å². The van der Waals surface area contributed by atoms with Crippen LogP contribution in [0.1, 0.15) is 18.9 Å². The number of carbonyl (C=O) groups is 1. The fraction of sp³-hybridized carbons (Fsp3) is 0.462. The van der Waals surface area contributed by atoms with Gasteiger partial charge in [-0.2, -0.15) is 0 Å². The first-order valence-electron chi connectivity index (χ1n) is 5.86. The van der Waals surface area contributed by atoms with Crippen LogP contribution in [0, 0.1) is 0 Å². The summed E-state index contributed by atoms with van der Waals surface area (Å²) in [5, 5.41) is 11.2. The lowest BCUT2D eigenvalue weighted by molar-refractivity contribution is -0.123. The van der Waals surface area contributed by atoms with E-state index >= 15 is 0 Å². The van der Waals surface area contributed by atoms with Crippen molar-refractivity contribution in [3.05, 3.63) is 29.8 Å². The molecule has 1 aromatic carbocycles. The Kier molecular flexibility index (Phi) is 6.10. The third-order valence-electron chi connectivity index (χ3n) is 2.37. The van der Waals surface area contributed by atoms with Crippen molar-refractivity contribution in [1.82, 2.24) is 5.32 Å². The summed E-state index contributed by atoms with van der Waals surface area (Å²) in [6.45, 7) is 2.62. The first-order valence-corrected chi connectivity index (χ1v) is 5.86. The number of ether oxygens (including phenoxy) is 1. The van der Waals surface area contributed by atoms with E-state index in [9.17, 15) is 4.79 Å². The van der Waals surface area contributed by atoms with Gasteiger partial charge in [0.1, 0.15) is 5.75 Å². The molecule has 1 aromatic rings. The van der Waals surface area contributed by atoms with Gasteiger partial charge < -0.3 is 15.2 Å². The van der Waals surface area contributed by atoms with E-state index in [-0.39, 0.29) is 19.1 Å². The second kappa shape index (κ2) is 7.68. The molecule has 4 heteroatoms. The summed E-state index contributed by atoms with van der Waals surface area (Å²) < 4.78 is 5.45. The molecule has 4 nitrogen and oxygen atoms in total. The monoisotopic (exact) mass is 237 g/mol. The molecule has 0 aromatic heterocycles. The highest BCUT2D eigenvalue weighted by molar-refractivity contribution is 5.77. The number of hydrogen-bond acceptors (Lipinski definition) is 3. The topological polar surface area (TPSA) is 58.6 Å². The van der Waals surface area contributed by atoms with Crippen LogP contribution >= 0.6 is 0 Å². The Balaban J connectivity index is 2.36. The maximum atomic E-state index is 11.4. The highest BCUT2D eigenvalue weighted by Gasteiger charge is 2.04. The van der Waals surface area contributed by atoms with E-state index < -0.39 is 0 Å². The first kappa shape index (κ1) is 13.5. The zero-order valence-corrected chi connectivity index (χ0v) is 10.1. The van der Waals surface area contributed by atoms with Crippen molar-refractivity contribution >= 4 is 5.91 Å². The van der Waals surface area contributed by atoms with Gasteiger partial charge in [-0.15, -0.1) is 0 Å². The molecule has 0 bridgehead atoms. The summed E-state index contributed by atoms with van der Waals surface area (Å²) in [5.41, 5.74) is 1.09. The number of benzene rings is 1. The number of amides is 1. The van der Waals surface area contributed by atoms with Crippen LogP contribution in [0.4, 0.5) is 0 Å². The third kappa shape index (κ3) is 4.87. The van der Waals surface area contributed by atoms with Gasteiger partial charge in [0, 0.05) is 13.2 Å². The second-order valence-corrected chi connectivity index (χ2v) is 3.68. The van der Waals surface area contributed by atoms with Gasteiger partial charge in [0.25, 0.3) is 5.91 Å². The van der Waals surface area contributed by atoms with Crippen LogP contribution in [0.25, 0.3) is 0 Å². The molecule has 0 radical (unpaired) electrons. The number of hydrogen-bond donors (Lipinski definition) is 2. The smallest absolute Gasteiger partial charge is 0.257 e. The average molecular weight is 237 g/mol. The highest BCUT2D eigenvalue weighted by Crippen LogP contribution is 2.17. The molecule has 94 valence electrons. The van der Waals surface area contributed by atoms with E-state index in [4.69, 9.17) is 9.84 Å². The molecule has 1 rings (SSSR count). The van der Waals surface area contributed by atoms with E-state index in [2.05, 4.69) is 5.32 Å². The Morgan fingerprint density at radius 1 is 1.41 bits per heavy atom. The van der Waals surface area contributed by atoms with Crippen molar-refractivity contribution in [3.63, 3.8) is 0 Å². The minimum absolute atomic E-state index is 0.0163. The molecule has 0 fully saturated rings. The van der Waals surface area contributed by atoms with E-state index in [0.29, 0.717) is 13.0 Å². The second-order valence-electron chi connectivity index (χ2n) is 3.68. The van der Waals surface area contributed by atoms with Crippen molar-refractivity contribution in [2.45, 2.75) is 19.8 Å². The lowest BCUT2D eigenvalue weighted by Gasteiger charge is -2.10. The summed E-state index contributed by atoms with van der Waals surface area (Å²) in [4.78, 5) is 11.4. The normalized spacial score (nSPS) is 10.0. The van der Waals surface area contributed by atoms with Crippen molar-refractivity contribution in [2.24, 2.45) is 0 Å². The molecule has 0 heterocycles. The predicted molar refractivity (Wildman–Crippen MR) is 66.0 cm³/mol. The van der Waals surface area contributed by atoms with Gasteiger partial charge in [0.05, 0.1) is 0 Å². The van der Waals surface area contributed by atoms with Crippen molar-refractivity contribution < 1.29 is 14.6 Å². The van der Waals surface area contributed by atoms with Gasteiger partial charge in [-0.3, -0.25) is 4.79 Å².